The molecule has 0 spiro atoms. The number of aliphatic carboxylic acids is 1. The molecule has 0 amide bonds. The molecule has 0 saturated carbocycles. The second-order valence-corrected chi connectivity index (χ2v) is 5.58. The van der Waals surface area contributed by atoms with Crippen LogP contribution in [0.2, 0.25) is 0 Å². The maximum absolute atomic E-state index is 11.4. The monoisotopic (exact) mass is 283 g/mol. The van der Waals surface area contributed by atoms with Gasteiger partial charge < -0.3 is 15.2 Å². The maximum Gasteiger partial charge on any atom is 0.324 e. The predicted octanol–water partition coefficient (Wildman–Crippen LogP) is 2.63. The van der Waals surface area contributed by atoms with Gasteiger partial charge in [-0.2, -0.15) is 0 Å². The molecule has 0 aliphatic rings. The summed E-state index contributed by atoms with van der Waals surface area (Å²) in [5, 5.41) is 12.4. The molecule has 4 nitrogen and oxygen atoms in total. The number of hydrogen-bond acceptors (Lipinski definition) is 4. The minimum Gasteiger partial charge on any atom is -0.497 e. The summed E-state index contributed by atoms with van der Waals surface area (Å²) in [5.41, 5.74) is -0.902. The number of rotatable bonds is 8. The van der Waals surface area contributed by atoms with Gasteiger partial charge in [0.2, 0.25) is 0 Å². The zero-order valence-corrected chi connectivity index (χ0v) is 12.4. The SMILES string of the molecule is CCCNC(C)(CSc1ccc(OC)cc1)C(=O)O. The number of nitrogens with one attached hydrogen (secondary N) is 1. The molecule has 0 bridgehead atoms. The smallest absolute Gasteiger partial charge is 0.324 e. The highest BCUT2D eigenvalue weighted by molar-refractivity contribution is 7.99. The van der Waals surface area contributed by atoms with Gasteiger partial charge in [0, 0.05) is 10.6 Å². The van der Waals surface area contributed by atoms with Crippen molar-refractivity contribution in [2.45, 2.75) is 30.7 Å². The Morgan fingerprint density at radius 2 is 2.05 bits per heavy atom. The summed E-state index contributed by atoms with van der Waals surface area (Å²) < 4.78 is 5.09. The van der Waals surface area contributed by atoms with Crippen molar-refractivity contribution in [1.82, 2.24) is 5.32 Å². The molecule has 1 rings (SSSR count). The first-order valence-electron chi connectivity index (χ1n) is 6.27. The Morgan fingerprint density at radius 3 is 2.53 bits per heavy atom. The summed E-state index contributed by atoms with van der Waals surface area (Å²) in [4.78, 5) is 12.4. The Balaban J connectivity index is 2.62. The number of thioether (sulfide) groups is 1. The van der Waals surface area contributed by atoms with Crippen LogP contribution in [0.4, 0.5) is 0 Å². The van der Waals surface area contributed by atoms with Gasteiger partial charge in [0.15, 0.2) is 0 Å². The number of methoxy groups -OCH3 is 1. The molecule has 0 saturated heterocycles. The third-order valence-electron chi connectivity index (χ3n) is 2.82. The largest absolute Gasteiger partial charge is 0.497 e. The van der Waals surface area contributed by atoms with Crippen molar-refractivity contribution in [1.29, 1.82) is 0 Å². The van der Waals surface area contributed by atoms with Crippen LogP contribution in [-0.2, 0) is 4.79 Å². The lowest BCUT2D eigenvalue weighted by Crippen LogP contribution is -2.51. The summed E-state index contributed by atoms with van der Waals surface area (Å²) in [7, 11) is 1.62. The number of hydrogen-bond donors (Lipinski definition) is 2. The van der Waals surface area contributed by atoms with Crippen LogP contribution in [0.3, 0.4) is 0 Å². The molecule has 1 unspecified atom stereocenters. The van der Waals surface area contributed by atoms with Crippen molar-refractivity contribution in [2.75, 3.05) is 19.4 Å². The van der Waals surface area contributed by atoms with E-state index in [9.17, 15) is 9.90 Å². The molecule has 0 aliphatic heterocycles. The molecule has 19 heavy (non-hydrogen) atoms. The van der Waals surface area contributed by atoms with Crippen LogP contribution in [0.25, 0.3) is 0 Å². The van der Waals surface area contributed by atoms with Gasteiger partial charge in [0.25, 0.3) is 0 Å². The fraction of sp³-hybridized carbons (Fsp3) is 0.500. The van der Waals surface area contributed by atoms with E-state index in [0.29, 0.717) is 12.3 Å². The van der Waals surface area contributed by atoms with E-state index in [1.165, 1.54) is 11.8 Å². The molecular formula is C14H21NO3S. The van der Waals surface area contributed by atoms with Gasteiger partial charge in [-0.05, 0) is 44.2 Å². The van der Waals surface area contributed by atoms with Crippen molar-refractivity contribution < 1.29 is 14.6 Å². The van der Waals surface area contributed by atoms with Crippen LogP contribution < -0.4 is 10.1 Å². The van der Waals surface area contributed by atoms with Gasteiger partial charge in [-0.3, -0.25) is 4.79 Å². The van der Waals surface area contributed by atoms with Crippen molar-refractivity contribution >= 4 is 17.7 Å². The Labute approximate surface area is 118 Å². The average Bonchev–Trinajstić information content (AvgIpc) is 2.43. The lowest BCUT2D eigenvalue weighted by Gasteiger charge is -2.25. The highest BCUT2D eigenvalue weighted by Crippen LogP contribution is 2.25. The minimum atomic E-state index is -0.902. The third-order valence-corrected chi connectivity index (χ3v) is 4.15. The van der Waals surface area contributed by atoms with E-state index >= 15 is 0 Å². The van der Waals surface area contributed by atoms with E-state index in [-0.39, 0.29) is 0 Å². The first-order valence-corrected chi connectivity index (χ1v) is 7.25. The molecule has 0 fully saturated rings. The molecule has 0 aliphatic carbocycles. The molecule has 1 aromatic carbocycles. The molecule has 2 N–H and O–H groups in total. The highest BCUT2D eigenvalue weighted by atomic mass is 32.2. The molecule has 1 aromatic rings. The number of carboxylic acid groups (broad SMARTS) is 1. The van der Waals surface area contributed by atoms with E-state index in [1.54, 1.807) is 14.0 Å². The van der Waals surface area contributed by atoms with Crippen LogP contribution >= 0.6 is 11.8 Å². The first kappa shape index (κ1) is 15.9. The molecule has 106 valence electrons. The Hall–Kier alpha value is -1.20. The Kier molecular flexibility index (Phi) is 6.18. The Bertz CT molecular complexity index is 408. The average molecular weight is 283 g/mol. The van der Waals surface area contributed by atoms with E-state index < -0.39 is 11.5 Å². The van der Waals surface area contributed by atoms with E-state index in [0.717, 1.165) is 17.1 Å². The second kappa shape index (κ2) is 7.40. The van der Waals surface area contributed by atoms with E-state index in [1.807, 2.05) is 31.2 Å². The zero-order valence-electron chi connectivity index (χ0n) is 11.6. The number of benzene rings is 1. The first-order chi connectivity index (χ1) is 9.01. The molecule has 1 atom stereocenters. The van der Waals surface area contributed by atoms with Gasteiger partial charge in [-0.1, -0.05) is 6.92 Å². The zero-order chi connectivity index (χ0) is 14.3. The van der Waals surface area contributed by atoms with Gasteiger partial charge in [-0.15, -0.1) is 11.8 Å². The van der Waals surface area contributed by atoms with Gasteiger partial charge in [0.05, 0.1) is 7.11 Å². The minimum absolute atomic E-state index is 0.481. The van der Waals surface area contributed by atoms with Crippen LogP contribution in [0.1, 0.15) is 20.3 Å². The van der Waals surface area contributed by atoms with E-state index in [4.69, 9.17) is 4.74 Å². The summed E-state index contributed by atoms with van der Waals surface area (Å²) in [5.74, 6) is 0.464. The molecule has 0 aromatic heterocycles. The van der Waals surface area contributed by atoms with Crippen molar-refractivity contribution in [2.24, 2.45) is 0 Å². The fourth-order valence-electron chi connectivity index (χ4n) is 1.49. The van der Waals surface area contributed by atoms with Crippen LogP contribution in [-0.4, -0.2) is 36.0 Å². The summed E-state index contributed by atoms with van der Waals surface area (Å²) in [6.45, 7) is 4.44. The predicted molar refractivity (Wildman–Crippen MR) is 78.1 cm³/mol. The van der Waals surface area contributed by atoms with Crippen molar-refractivity contribution in [3.8, 4) is 5.75 Å². The summed E-state index contributed by atoms with van der Waals surface area (Å²) in [6, 6.07) is 7.62. The molecule has 0 heterocycles. The number of carbonyl (C=O) groups is 1. The number of carboxylic acids is 1. The lowest BCUT2D eigenvalue weighted by molar-refractivity contribution is -0.143. The molecule has 5 heteroatoms. The summed E-state index contributed by atoms with van der Waals surface area (Å²) in [6.07, 6.45) is 0.913. The third kappa shape index (κ3) is 4.76. The lowest BCUT2D eigenvalue weighted by atomic mass is 10.1. The summed E-state index contributed by atoms with van der Waals surface area (Å²) >= 11 is 1.53. The Morgan fingerprint density at radius 1 is 1.42 bits per heavy atom. The van der Waals surface area contributed by atoms with Gasteiger partial charge in [-0.25, -0.2) is 0 Å². The number of ether oxygens (including phenoxy) is 1. The highest BCUT2D eigenvalue weighted by Gasteiger charge is 2.32. The fourth-order valence-corrected chi connectivity index (χ4v) is 2.50. The topological polar surface area (TPSA) is 58.6 Å². The van der Waals surface area contributed by atoms with Crippen LogP contribution in [0.5, 0.6) is 5.75 Å². The normalized spacial score (nSPS) is 13.8. The van der Waals surface area contributed by atoms with Crippen LogP contribution in [0.15, 0.2) is 29.2 Å². The van der Waals surface area contributed by atoms with E-state index in [2.05, 4.69) is 5.32 Å². The molecule has 0 radical (unpaired) electrons. The van der Waals surface area contributed by atoms with Crippen molar-refractivity contribution in [3.63, 3.8) is 0 Å². The standard InChI is InChI=1S/C14H21NO3S/c1-4-9-15-14(2,13(16)17)10-19-12-7-5-11(18-3)6-8-12/h5-8,15H,4,9-10H2,1-3H3,(H,16,17). The second-order valence-electron chi connectivity index (χ2n) is 4.53. The molecular weight excluding hydrogens is 262 g/mol. The van der Waals surface area contributed by atoms with Gasteiger partial charge in [0.1, 0.15) is 11.3 Å². The van der Waals surface area contributed by atoms with Crippen molar-refractivity contribution in [3.05, 3.63) is 24.3 Å². The van der Waals surface area contributed by atoms with Gasteiger partial charge >= 0.3 is 5.97 Å². The maximum atomic E-state index is 11.4. The van der Waals surface area contributed by atoms with Crippen LogP contribution in [0, 0.1) is 0 Å². The quantitative estimate of drug-likeness (QED) is 0.718.